The van der Waals surface area contributed by atoms with E-state index in [9.17, 15) is 9.18 Å². The Morgan fingerprint density at radius 2 is 2.08 bits per heavy atom. The molecule has 0 aliphatic carbocycles. The summed E-state index contributed by atoms with van der Waals surface area (Å²) in [4.78, 5) is 17.1. The van der Waals surface area contributed by atoms with Crippen LogP contribution in [0.15, 0.2) is 28.7 Å². The van der Waals surface area contributed by atoms with Gasteiger partial charge in [-0.25, -0.2) is 9.37 Å². The van der Waals surface area contributed by atoms with Crippen LogP contribution in [0.25, 0.3) is 11.0 Å². The maximum atomic E-state index is 13.8. The minimum atomic E-state index is -0.233. The molecule has 2 aromatic heterocycles. The van der Waals surface area contributed by atoms with Crippen LogP contribution in [-0.2, 0) is 13.5 Å². The maximum absolute atomic E-state index is 13.8. The number of benzene rings is 1. The highest BCUT2D eigenvalue weighted by Crippen LogP contribution is 2.21. The molecular weight excluding hydrogens is 399 g/mol. The Balaban J connectivity index is 1.68. The molecule has 0 aliphatic rings. The summed E-state index contributed by atoms with van der Waals surface area (Å²) in [5.41, 5.74) is 3.46. The number of carbonyl (C=O) groups excluding carboxylic acids is 1. The lowest BCUT2D eigenvalue weighted by atomic mass is 10.1. The molecule has 0 saturated heterocycles. The van der Waals surface area contributed by atoms with Gasteiger partial charge in [-0.05, 0) is 50.5 Å². The number of aryl methyl sites for hydroxylation is 4. The normalized spacial score (nSPS) is 11.1. The van der Waals surface area contributed by atoms with Gasteiger partial charge in [-0.15, -0.1) is 0 Å². The van der Waals surface area contributed by atoms with Crippen molar-refractivity contribution in [2.75, 3.05) is 6.54 Å². The Labute approximate surface area is 159 Å². The van der Waals surface area contributed by atoms with Gasteiger partial charge in [0, 0.05) is 23.8 Å². The first kappa shape index (κ1) is 18.5. The first-order valence-corrected chi connectivity index (χ1v) is 9.19. The molecule has 0 radical (unpaired) electrons. The van der Waals surface area contributed by atoms with Gasteiger partial charge in [0.2, 0.25) is 0 Å². The van der Waals surface area contributed by atoms with E-state index in [1.165, 1.54) is 6.07 Å². The van der Waals surface area contributed by atoms with Crippen LogP contribution in [0.5, 0.6) is 0 Å². The Kier molecular flexibility index (Phi) is 5.36. The third-order valence-electron chi connectivity index (χ3n) is 4.26. The summed E-state index contributed by atoms with van der Waals surface area (Å²) in [6.45, 7) is 4.19. The van der Waals surface area contributed by atoms with Gasteiger partial charge in [-0.3, -0.25) is 9.48 Å². The van der Waals surface area contributed by atoms with Gasteiger partial charge in [0.05, 0.1) is 16.6 Å². The molecule has 5 nitrogen and oxygen atoms in total. The highest BCUT2D eigenvalue weighted by atomic mass is 79.9. The zero-order valence-corrected chi connectivity index (χ0v) is 16.5. The van der Waals surface area contributed by atoms with E-state index < -0.39 is 0 Å². The summed E-state index contributed by atoms with van der Waals surface area (Å²) in [6.07, 6.45) is 1.22. The zero-order valence-electron chi connectivity index (χ0n) is 14.9. The Morgan fingerprint density at radius 3 is 2.81 bits per heavy atom. The van der Waals surface area contributed by atoms with E-state index in [4.69, 9.17) is 0 Å². The van der Waals surface area contributed by atoms with Crippen LogP contribution in [-0.4, -0.2) is 27.2 Å². The molecule has 136 valence electrons. The van der Waals surface area contributed by atoms with Crippen molar-refractivity contribution in [2.45, 2.75) is 26.7 Å². The monoisotopic (exact) mass is 418 g/mol. The Bertz CT molecular complexity index is 983. The quantitative estimate of drug-likeness (QED) is 0.640. The number of hydrogen-bond donors (Lipinski definition) is 1. The van der Waals surface area contributed by atoms with Crippen molar-refractivity contribution >= 4 is 32.9 Å². The molecule has 3 aromatic rings. The van der Waals surface area contributed by atoms with E-state index in [0.717, 1.165) is 21.2 Å². The smallest absolute Gasteiger partial charge is 0.252 e. The van der Waals surface area contributed by atoms with Crippen molar-refractivity contribution in [1.29, 1.82) is 0 Å². The number of rotatable bonds is 5. The van der Waals surface area contributed by atoms with Crippen molar-refractivity contribution in [3.63, 3.8) is 0 Å². The average molecular weight is 419 g/mol. The van der Waals surface area contributed by atoms with Gasteiger partial charge in [0.15, 0.2) is 5.65 Å². The van der Waals surface area contributed by atoms with Crippen LogP contribution in [0.4, 0.5) is 4.39 Å². The molecule has 3 rings (SSSR count). The van der Waals surface area contributed by atoms with Crippen LogP contribution >= 0.6 is 15.9 Å². The minimum absolute atomic E-state index is 0.159. The maximum Gasteiger partial charge on any atom is 0.252 e. The Hall–Kier alpha value is -2.28. The molecular formula is C19H20BrFN4O. The topological polar surface area (TPSA) is 59.8 Å². The fourth-order valence-corrected chi connectivity index (χ4v) is 3.38. The number of carbonyl (C=O) groups is 1. The van der Waals surface area contributed by atoms with Crippen molar-refractivity contribution in [3.8, 4) is 0 Å². The number of nitrogens with one attached hydrogen (secondary N) is 1. The summed E-state index contributed by atoms with van der Waals surface area (Å²) in [5.74, 6) is -0.393. The number of halogens is 2. The summed E-state index contributed by atoms with van der Waals surface area (Å²) in [7, 11) is 1.82. The predicted molar refractivity (Wildman–Crippen MR) is 103 cm³/mol. The van der Waals surface area contributed by atoms with Gasteiger partial charge in [0.25, 0.3) is 5.91 Å². The fourth-order valence-electron chi connectivity index (χ4n) is 3.05. The van der Waals surface area contributed by atoms with E-state index >= 15 is 0 Å². The van der Waals surface area contributed by atoms with Gasteiger partial charge in [-0.2, -0.15) is 5.10 Å². The number of nitrogens with zero attached hydrogens (tertiary/aromatic N) is 3. The van der Waals surface area contributed by atoms with Crippen molar-refractivity contribution in [3.05, 3.63) is 57.1 Å². The second kappa shape index (κ2) is 7.53. The standard InChI is InChI=1S/C19H20BrFN4O/c1-11-9-15(17-12(2)24-25(3)18(17)23-11)19(26)22-8-4-5-13-6-7-14(20)10-16(13)21/h6-7,9-10H,4-5,8H2,1-3H3,(H,22,26). The molecule has 0 bridgehead atoms. The van der Waals surface area contributed by atoms with E-state index in [1.54, 1.807) is 16.8 Å². The lowest BCUT2D eigenvalue weighted by molar-refractivity contribution is 0.0954. The number of amides is 1. The van der Waals surface area contributed by atoms with Crippen LogP contribution in [0.2, 0.25) is 0 Å². The van der Waals surface area contributed by atoms with Gasteiger partial charge < -0.3 is 5.32 Å². The van der Waals surface area contributed by atoms with Crippen LogP contribution < -0.4 is 5.32 Å². The second-order valence-corrected chi connectivity index (χ2v) is 7.23. The minimum Gasteiger partial charge on any atom is -0.352 e. The summed E-state index contributed by atoms with van der Waals surface area (Å²) < 4.78 is 16.2. The molecule has 1 aromatic carbocycles. The molecule has 0 fully saturated rings. The summed E-state index contributed by atoms with van der Waals surface area (Å²) in [6, 6.07) is 6.81. The largest absolute Gasteiger partial charge is 0.352 e. The molecule has 1 amide bonds. The van der Waals surface area contributed by atoms with Crippen molar-refractivity contribution in [2.24, 2.45) is 7.05 Å². The molecule has 0 saturated carbocycles. The first-order chi connectivity index (χ1) is 12.4. The SMILES string of the molecule is Cc1cc(C(=O)NCCCc2ccc(Br)cc2F)c2c(C)nn(C)c2n1. The molecule has 7 heteroatoms. The van der Waals surface area contributed by atoms with Gasteiger partial charge in [-0.1, -0.05) is 22.0 Å². The van der Waals surface area contributed by atoms with Crippen molar-refractivity contribution < 1.29 is 9.18 Å². The number of aromatic nitrogens is 3. The van der Waals surface area contributed by atoms with E-state index in [1.807, 2.05) is 27.0 Å². The van der Waals surface area contributed by atoms with E-state index in [2.05, 4.69) is 31.3 Å². The van der Waals surface area contributed by atoms with Crippen molar-refractivity contribution in [1.82, 2.24) is 20.1 Å². The highest BCUT2D eigenvalue weighted by Gasteiger charge is 2.17. The molecule has 26 heavy (non-hydrogen) atoms. The highest BCUT2D eigenvalue weighted by molar-refractivity contribution is 9.10. The van der Waals surface area contributed by atoms with Crippen LogP contribution in [0.3, 0.4) is 0 Å². The fraction of sp³-hybridized carbons (Fsp3) is 0.316. The Morgan fingerprint density at radius 1 is 1.31 bits per heavy atom. The van der Waals surface area contributed by atoms with Crippen LogP contribution in [0, 0.1) is 19.7 Å². The lowest BCUT2D eigenvalue weighted by Gasteiger charge is -2.08. The molecule has 0 atom stereocenters. The molecule has 0 spiro atoms. The average Bonchev–Trinajstić information content (AvgIpc) is 2.86. The van der Waals surface area contributed by atoms with Gasteiger partial charge in [0.1, 0.15) is 5.82 Å². The second-order valence-electron chi connectivity index (χ2n) is 6.31. The number of fused-ring (bicyclic) bond motifs is 1. The molecule has 0 aliphatic heterocycles. The summed E-state index contributed by atoms with van der Waals surface area (Å²) in [5, 5.41) is 8.05. The molecule has 0 unspecified atom stereocenters. The number of hydrogen-bond acceptors (Lipinski definition) is 3. The first-order valence-electron chi connectivity index (χ1n) is 8.40. The number of pyridine rings is 1. The zero-order chi connectivity index (χ0) is 18.8. The lowest BCUT2D eigenvalue weighted by Crippen LogP contribution is -2.25. The molecule has 2 heterocycles. The third-order valence-corrected chi connectivity index (χ3v) is 4.76. The van der Waals surface area contributed by atoms with E-state index in [0.29, 0.717) is 36.2 Å². The molecule has 1 N–H and O–H groups in total. The van der Waals surface area contributed by atoms with Crippen LogP contribution in [0.1, 0.15) is 33.7 Å². The predicted octanol–water partition coefficient (Wildman–Crippen LogP) is 3.85. The van der Waals surface area contributed by atoms with Gasteiger partial charge >= 0.3 is 0 Å². The van der Waals surface area contributed by atoms with E-state index in [-0.39, 0.29) is 11.7 Å². The summed E-state index contributed by atoms with van der Waals surface area (Å²) >= 11 is 3.25. The third kappa shape index (κ3) is 3.77.